The highest BCUT2D eigenvalue weighted by atomic mass is 32.2. The zero-order valence-corrected chi connectivity index (χ0v) is 18.1. The van der Waals surface area contributed by atoms with E-state index in [9.17, 15) is 10.1 Å². The molecule has 144 valence electrons. The van der Waals surface area contributed by atoms with E-state index in [1.165, 1.54) is 28.0 Å². The minimum atomic E-state index is -0.0811. The summed E-state index contributed by atoms with van der Waals surface area (Å²) in [5, 5.41) is 21.4. The second kappa shape index (κ2) is 8.17. The number of anilines is 2. The standard InChI is InChI=1S/C18H23N5OS3/c1-18(2,3)10-4-5-11-12(9-19)15(26-13(11)8-10)21-14(24)6-7-25-17-23-22-16(20)27-17/h10H,4-8H2,1-3H3,(H2,20,22)(H,21,24). The number of nitriles is 1. The lowest BCUT2D eigenvalue weighted by atomic mass is 9.72. The van der Waals surface area contributed by atoms with Gasteiger partial charge in [-0.1, -0.05) is 43.9 Å². The molecule has 2 aromatic heterocycles. The van der Waals surface area contributed by atoms with Gasteiger partial charge in [-0.15, -0.1) is 21.5 Å². The number of nitrogens with two attached hydrogens (primary N) is 1. The molecular weight excluding hydrogens is 398 g/mol. The Morgan fingerprint density at radius 2 is 2.19 bits per heavy atom. The number of amides is 1. The Morgan fingerprint density at radius 3 is 2.81 bits per heavy atom. The molecule has 1 amide bonds. The first-order chi connectivity index (χ1) is 12.8. The zero-order chi connectivity index (χ0) is 19.6. The van der Waals surface area contributed by atoms with E-state index < -0.39 is 0 Å². The average molecular weight is 422 g/mol. The molecule has 0 aromatic carbocycles. The van der Waals surface area contributed by atoms with Crippen LogP contribution in [0, 0.1) is 22.7 Å². The summed E-state index contributed by atoms with van der Waals surface area (Å²) in [6, 6.07) is 2.31. The minimum Gasteiger partial charge on any atom is -0.374 e. The van der Waals surface area contributed by atoms with E-state index in [-0.39, 0.29) is 11.3 Å². The molecule has 1 unspecified atom stereocenters. The molecule has 0 aliphatic heterocycles. The number of hydrogen-bond acceptors (Lipinski definition) is 8. The first-order valence-corrected chi connectivity index (χ1v) is 11.5. The van der Waals surface area contributed by atoms with Crippen LogP contribution in [0.4, 0.5) is 10.1 Å². The Balaban J connectivity index is 1.62. The Hall–Kier alpha value is -1.63. The zero-order valence-electron chi connectivity index (χ0n) is 15.7. The molecule has 0 bridgehead atoms. The summed E-state index contributed by atoms with van der Waals surface area (Å²) in [5.41, 5.74) is 7.59. The molecule has 2 heterocycles. The molecule has 3 N–H and O–H groups in total. The number of nitrogen functional groups attached to an aromatic ring is 1. The number of rotatable bonds is 5. The Labute approximate surface area is 171 Å². The maximum atomic E-state index is 12.3. The third kappa shape index (κ3) is 4.81. The number of thioether (sulfide) groups is 1. The summed E-state index contributed by atoms with van der Waals surface area (Å²) in [5.74, 6) is 1.12. The molecule has 0 radical (unpaired) electrons. The van der Waals surface area contributed by atoms with Gasteiger partial charge in [-0.25, -0.2) is 0 Å². The van der Waals surface area contributed by atoms with E-state index in [0.717, 1.165) is 29.2 Å². The molecule has 1 aliphatic carbocycles. The van der Waals surface area contributed by atoms with Gasteiger partial charge in [0, 0.05) is 17.1 Å². The molecule has 3 rings (SSSR count). The van der Waals surface area contributed by atoms with Crippen LogP contribution >= 0.6 is 34.4 Å². The molecule has 1 atom stereocenters. The van der Waals surface area contributed by atoms with Crippen molar-refractivity contribution >= 4 is 50.5 Å². The van der Waals surface area contributed by atoms with Gasteiger partial charge < -0.3 is 11.1 Å². The monoisotopic (exact) mass is 421 g/mol. The fourth-order valence-corrected chi connectivity index (χ4v) is 6.17. The summed E-state index contributed by atoms with van der Waals surface area (Å²) >= 11 is 4.35. The molecule has 0 spiro atoms. The van der Waals surface area contributed by atoms with Crippen molar-refractivity contribution in [3.05, 3.63) is 16.0 Å². The van der Waals surface area contributed by atoms with E-state index >= 15 is 0 Å². The first-order valence-electron chi connectivity index (χ1n) is 8.84. The van der Waals surface area contributed by atoms with Crippen molar-refractivity contribution in [1.29, 1.82) is 5.26 Å². The van der Waals surface area contributed by atoms with Crippen LogP contribution in [0.2, 0.25) is 0 Å². The highest BCUT2D eigenvalue weighted by Gasteiger charge is 2.32. The van der Waals surface area contributed by atoms with E-state index in [1.807, 2.05) is 0 Å². The molecule has 0 saturated carbocycles. The fourth-order valence-electron chi connectivity index (χ4n) is 3.23. The molecule has 0 saturated heterocycles. The SMILES string of the molecule is CC(C)(C)C1CCc2c(sc(NC(=O)CCSc3nnc(N)s3)c2C#N)C1. The van der Waals surface area contributed by atoms with Gasteiger partial charge in [-0.3, -0.25) is 4.79 Å². The lowest BCUT2D eigenvalue weighted by Gasteiger charge is -2.33. The molecule has 9 heteroatoms. The van der Waals surface area contributed by atoms with Gasteiger partial charge in [0.15, 0.2) is 4.34 Å². The molecule has 1 aliphatic rings. The number of nitrogens with one attached hydrogen (secondary N) is 1. The Kier molecular flexibility index (Phi) is 6.08. The summed E-state index contributed by atoms with van der Waals surface area (Å²) in [4.78, 5) is 13.6. The molecule has 0 fully saturated rings. The predicted octanol–water partition coefficient (Wildman–Crippen LogP) is 4.33. The van der Waals surface area contributed by atoms with Crippen molar-refractivity contribution in [1.82, 2.24) is 10.2 Å². The molecule has 6 nitrogen and oxygen atoms in total. The third-order valence-electron chi connectivity index (χ3n) is 4.83. The van der Waals surface area contributed by atoms with Crippen LogP contribution in [-0.4, -0.2) is 21.9 Å². The fraction of sp³-hybridized carbons (Fsp3) is 0.556. The molecule has 27 heavy (non-hydrogen) atoms. The Bertz CT molecular complexity index is 875. The van der Waals surface area contributed by atoms with Gasteiger partial charge in [-0.2, -0.15) is 5.26 Å². The van der Waals surface area contributed by atoms with E-state index in [2.05, 4.69) is 42.4 Å². The van der Waals surface area contributed by atoms with Crippen LogP contribution in [-0.2, 0) is 17.6 Å². The summed E-state index contributed by atoms with van der Waals surface area (Å²) in [6.45, 7) is 6.81. The first kappa shape index (κ1) is 20.1. The van der Waals surface area contributed by atoms with Crippen molar-refractivity contribution < 1.29 is 4.79 Å². The van der Waals surface area contributed by atoms with E-state index in [0.29, 0.717) is 33.8 Å². The lowest BCUT2D eigenvalue weighted by molar-refractivity contribution is -0.115. The van der Waals surface area contributed by atoms with Gasteiger partial charge in [-0.05, 0) is 36.2 Å². The van der Waals surface area contributed by atoms with Crippen molar-refractivity contribution in [3.8, 4) is 6.07 Å². The van der Waals surface area contributed by atoms with Gasteiger partial charge >= 0.3 is 0 Å². The van der Waals surface area contributed by atoms with Crippen LogP contribution in [0.15, 0.2) is 4.34 Å². The van der Waals surface area contributed by atoms with Crippen molar-refractivity contribution in [2.24, 2.45) is 11.3 Å². The average Bonchev–Trinajstić information content (AvgIpc) is 3.15. The number of aromatic nitrogens is 2. The number of hydrogen-bond donors (Lipinski definition) is 2. The highest BCUT2D eigenvalue weighted by Crippen LogP contribution is 2.44. The van der Waals surface area contributed by atoms with Gasteiger partial charge in [0.25, 0.3) is 0 Å². The van der Waals surface area contributed by atoms with Crippen molar-refractivity contribution in [2.75, 3.05) is 16.8 Å². The summed E-state index contributed by atoms with van der Waals surface area (Å²) < 4.78 is 0.762. The quantitative estimate of drug-likeness (QED) is 0.696. The topological polar surface area (TPSA) is 105 Å². The second-order valence-corrected chi connectivity index (χ2v) is 11.1. The molecular formula is C18H23N5OS3. The van der Waals surface area contributed by atoms with Crippen molar-refractivity contribution in [3.63, 3.8) is 0 Å². The summed E-state index contributed by atoms with van der Waals surface area (Å²) in [7, 11) is 0. The van der Waals surface area contributed by atoms with Crippen LogP contribution in [0.3, 0.4) is 0 Å². The number of nitrogens with zero attached hydrogens (tertiary/aromatic N) is 3. The van der Waals surface area contributed by atoms with Crippen molar-refractivity contribution in [2.45, 2.75) is 50.8 Å². The lowest BCUT2D eigenvalue weighted by Crippen LogP contribution is -2.26. The van der Waals surface area contributed by atoms with E-state index in [1.54, 1.807) is 11.3 Å². The number of thiophene rings is 1. The van der Waals surface area contributed by atoms with Gasteiger partial charge in [0.2, 0.25) is 11.0 Å². The highest BCUT2D eigenvalue weighted by molar-refractivity contribution is 8.01. The number of carbonyl (C=O) groups excluding carboxylic acids is 1. The maximum absolute atomic E-state index is 12.3. The predicted molar refractivity (Wildman–Crippen MR) is 112 cm³/mol. The van der Waals surface area contributed by atoms with Gasteiger partial charge in [0.05, 0.1) is 5.56 Å². The van der Waals surface area contributed by atoms with Crippen LogP contribution in [0.25, 0.3) is 0 Å². The largest absolute Gasteiger partial charge is 0.374 e. The normalized spacial score (nSPS) is 16.6. The van der Waals surface area contributed by atoms with Crippen LogP contribution in [0.1, 0.15) is 49.6 Å². The summed E-state index contributed by atoms with van der Waals surface area (Å²) in [6.07, 6.45) is 3.35. The van der Waals surface area contributed by atoms with Crippen LogP contribution in [0.5, 0.6) is 0 Å². The second-order valence-electron chi connectivity index (χ2n) is 7.68. The minimum absolute atomic E-state index is 0.0811. The third-order valence-corrected chi connectivity index (χ3v) is 7.89. The Morgan fingerprint density at radius 1 is 1.41 bits per heavy atom. The smallest absolute Gasteiger partial charge is 0.225 e. The number of carbonyl (C=O) groups is 1. The van der Waals surface area contributed by atoms with Crippen LogP contribution < -0.4 is 11.1 Å². The van der Waals surface area contributed by atoms with E-state index in [4.69, 9.17) is 5.73 Å². The number of fused-ring (bicyclic) bond motifs is 1. The maximum Gasteiger partial charge on any atom is 0.225 e. The molecule has 2 aromatic rings. The van der Waals surface area contributed by atoms with Gasteiger partial charge in [0.1, 0.15) is 11.1 Å².